The van der Waals surface area contributed by atoms with Gasteiger partial charge in [-0.25, -0.2) is 13.8 Å². The van der Waals surface area contributed by atoms with Crippen molar-refractivity contribution in [3.05, 3.63) is 84.2 Å². The van der Waals surface area contributed by atoms with Crippen LogP contribution in [0.3, 0.4) is 0 Å². The Morgan fingerprint density at radius 1 is 0.812 bits per heavy atom. The minimum absolute atomic E-state index is 0.0903. The molecule has 0 bridgehead atoms. The Kier molecular flexibility index (Phi) is 5.26. The monoisotopic (exact) mass is 433 g/mol. The third-order valence-electron chi connectivity index (χ3n) is 5.65. The highest BCUT2D eigenvalue weighted by Gasteiger charge is 2.21. The average Bonchev–Trinajstić information content (AvgIpc) is 3.08. The smallest absolute Gasteiger partial charge is 0.253 e. The molecule has 2 aromatic carbocycles. The van der Waals surface area contributed by atoms with Gasteiger partial charge in [0.2, 0.25) is 5.78 Å². The molecule has 5 rings (SSSR count). The Bertz CT molecular complexity index is 1250. The fourth-order valence-electron chi connectivity index (χ4n) is 3.92. The van der Waals surface area contributed by atoms with E-state index in [0.717, 1.165) is 30.0 Å². The van der Waals surface area contributed by atoms with E-state index in [1.165, 1.54) is 36.4 Å². The van der Waals surface area contributed by atoms with Crippen LogP contribution in [-0.2, 0) is 0 Å². The number of hydrogen-bond donors (Lipinski definition) is 0. The molecular weight excluding hydrogens is 412 g/mol. The topological polar surface area (TPSA) is 53.7 Å². The number of nitrogens with zero attached hydrogens (tertiary/aromatic N) is 5. The molecule has 1 aliphatic rings. The lowest BCUT2D eigenvalue weighted by Crippen LogP contribution is -2.35. The molecule has 1 amide bonds. The van der Waals surface area contributed by atoms with Crippen molar-refractivity contribution in [1.29, 1.82) is 0 Å². The number of carbonyl (C=O) groups is 1. The van der Waals surface area contributed by atoms with Crippen molar-refractivity contribution >= 4 is 17.5 Å². The van der Waals surface area contributed by atoms with Crippen LogP contribution in [0.25, 0.3) is 17.0 Å². The number of rotatable bonds is 3. The first kappa shape index (κ1) is 20.1. The Hall–Kier alpha value is -3.81. The predicted octanol–water partition coefficient (Wildman–Crippen LogP) is 4.03. The summed E-state index contributed by atoms with van der Waals surface area (Å²) in [5, 5.41) is 0. The molecule has 0 spiro atoms. The molecule has 4 aromatic rings. The first-order valence-electron chi connectivity index (χ1n) is 10.5. The molecule has 6 nitrogen and oxygen atoms in total. The number of aromatic nitrogens is 3. The molecule has 1 fully saturated rings. The fourth-order valence-corrected chi connectivity index (χ4v) is 3.92. The zero-order valence-electron chi connectivity index (χ0n) is 17.3. The molecule has 1 aliphatic heterocycles. The summed E-state index contributed by atoms with van der Waals surface area (Å²) in [6.07, 6.45) is 4.57. The van der Waals surface area contributed by atoms with E-state index >= 15 is 0 Å². The van der Waals surface area contributed by atoms with Crippen molar-refractivity contribution in [1.82, 2.24) is 19.3 Å². The maximum Gasteiger partial charge on any atom is 0.253 e. The molecule has 8 heteroatoms. The summed E-state index contributed by atoms with van der Waals surface area (Å²) in [6.45, 7) is 2.59. The van der Waals surface area contributed by atoms with Crippen LogP contribution in [0, 0.1) is 11.6 Å². The van der Waals surface area contributed by atoms with Crippen LogP contribution in [0.15, 0.2) is 67.0 Å². The van der Waals surface area contributed by atoms with E-state index in [2.05, 4.69) is 9.88 Å². The summed E-state index contributed by atoms with van der Waals surface area (Å²) < 4.78 is 28.2. The highest BCUT2D eigenvalue weighted by molar-refractivity contribution is 5.94. The normalized spacial score (nSPS) is 14.6. The van der Waals surface area contributed by atoms with E-state index in [1.807, 2.05) is 22.9 Å². The number of hydrogen-bond acceptors (Lipinski definition) is 4. The predicted molar refractivity (Wildman–Crippen MR) is 118 cm³/mol. The second kappa shape index (κ2) is 8.37. The van der Waals surface area contributed by atoms with Gasteiger partial charge in [-0.1, -0.05) is 0 Å². The first-order chi connectivity index (χ1) is 15.6. The Labute approximate surface area is 183 Å². The maximum absolute atomic E-state index is 13.2. The minimum atomic E-state index is -0.355. The van der Waals surface area contributed by atoms with E-state index in [0.29, 0.717) is 31.0 Å². The van der Waals surface area contributed by atoms with Gasteiger partial charge in [0.05, 0.1) is 5.69 Å². The maximum atomic E-state index is 13.2. The minimum Gasteiger partial charge on any atom is -0.355 e. The van der Waals surface area contributed by atoms with Crippen LogP contribution >= 0.6 is 0 Å². The SMILES string of the molecule is O=C(c1ccc(F)cc1)N1CCCN(c2ccn3cc(-c4ccc(F)cc4)nc3n2)CC1. The molecule has 1 saturated heterocycles. The molecule has 0 saturated carbocycles. The Balaban J connectivity index is 1.32. The van der Waals surface area contributed by atoms with Crippen molar-refractivity contribution in [2.45, 2.75) is 6.42 Å². The molecule has 3 heterocycles. The van der Waals surface area contributed by atoms with E-state index in [4.69, 9.17) is 4.98 Å². The molecule has 0 unspecified atom stereocenters. The van der Waals surface area contributed by atoms with Gasteiger partial charge in [0.1, 0.15) is 17.5 Å². The molecule has 2 aromatic heterocycles. The zero-order valence-corrected chi connectivity index (χ0v) is 17.3. The number of carbonyl (C=O) groups excluding carboxylic acids is 1. The van der Waals surface area contributed by atoms with Crippen LogP contribution in [0.4, 0.5) is 14.6 Å². The lowest BCUT2D eigenvalue weighted by Gasteiger charge is -2.23. The van der Waals surface area contributed by atoms with Gasteiger partial charge in [-0.2, -0.15) is 4.98 Å². The van der Waals surface area contributed by atoms with Crippen LogP contribution in [-0.4, -0.2) is 51.4 Å². The molecule has 0 radical (unpaired) electrons. The van der Waals surface area contributed by atoms with Crippen LogP contribution in [0.2, 0.25) is 0 Å². The molecular formula is C24H21F2N5O. The number of amides is 1. The van der Waals surface area contributed by atoms with Gasteiger partial charge in [0, 0.05) is 49.7 Å². The number of imidazole rings is 1. The summed E-state index contributed by atoms with van der Waals surface area (Å²) >= 11 is 0. The van der Waals surface area contributed by atoms with Gasteiger partial charge in [0.15, 0.2) is 0 Å². The highest BCUT2D eigenvalue weighted by Crippen LogP contribution is 2.21. The molecule has 32 heavy (non-hydrogen) atoms. The highest BCUT2D eigenvalue weighted by atomic mass is 19.1. The van der Waals surface area contributed by atoms with Gasteiger partial charge < -0.3 is 9.80 Å². The first-order valence-corrected chi connectivity index (χ1v) is 10.5. The largest absolute Gasteiger partial charge is 0.355 e. The summed E-state index contributed by atoms with van der Waals surface area (Å²) in [6, 6.07) is 13.8. The van der Waals surface area contributed by atoms with Crippen molar-refractivity contribution in [3.8, 4) is 11.3 Å². The standard InChI is InChI=1S/C24H21F2N5O/c25-19-6-2-17(3-7-19)21-16-31-13-10-22(28-24(31)27-21)29-11-1-12-30(15-14-29)23(32)18-4-8-20(26)9-5-18/h2-10,13,16H,1,11-12,14-15H2. The van der Waals surface area contributed by atoms with Gasteiger partial charge in [-0.3, -0.25) is 9.20 Å². The van der Waals surface area contributed by atoms with Gasteiger partial charge in [-0.15, -0.1) is 0 Å². The van der Waals surface area contributed by atoms with Gasteiger partial charge in [-0.05, 0) is 61.0 Å². The van der Waals surface area contributed by atoms with Crippen molar-refractivity contribution < 1.29 is 13.6 Å². The number of halogens is 2. The lowest BCUT2D eigenvalue weighted by molar-refractivity contribution is 0.0767. The van der Waals surface area contributed by atoms with Crippen LogP contribution in [0.1, 0.15) is 16.8 Å². The van der Waals surface area contributed by atoms with Crippen LogP contribution in [0.5, 0.6) is 0 Å². The second-order valence-corrected chi connectivity index (χ2v) is 7.77. The second-order valence-electron chi connectivity index (χ2n) is 7.77. The van der Waals surface area contributed by atoms with Crippen LogP contribution < -0.4 is 4.90 Å². The third-order valence-corrected chi connectivity index (χ3v) is 5.65. The summed E-state index contributed by atoms with van der Waals surface area (Å²) in [4.78, 5) is 26.0. The fraction of sp³-hybridized carbons (Fsp3) is 0.208. The number of benzene rings is 2. The average molecular weight is 433 g/mol. The van der Waals surface area contributed by atoms with Crippen molar-refractivity contribution in [3.63, 3.8) is 0 Å². The van der Waals surface area contributed by atoms with Gasteiger partial charge in [0.25, 0.3) is 5.91 Å². The molecule has 0 aliphatic carbocycles. The van der Waals surface area contributed by atoms with Crippen molar-refractivity contribution in [2.75, 3.05) is 31.1 Å². The zero-order chi connectivity index (χ0) is 22.1. The Morgan fingerprint density at radius 3 is 2.28 bits per heavy atom. The quantitative estimate of drug-likeness (QED) is 0.490. The van der Waals surface area contributed by atoms with Crippen molar-refractivity contribution in [2.24, 2.45) is 0 Å². The number of fused-ring (bicyclic) bond motifs is 1. The van der Waals surface area contributed by atoms with E-state index < -0.39 is 0 Å². The van der Waals surface area contributed by atoms with E-state index in [-0.39, 0.29) is 17.5 Å². The summed E-state index contributed by atoms with van der Waals surface area (Å²) in [5.74, 6) is 0.625. The molecule has 162 valence electrons. The molecule has 0 atom stereocenters. The summed E-state index contributed by atoms with van der Waals surface area (Å²) in [7, 11) is 0. The van der Waals surface area contributed by atoms with E-state index in [1.54, 1.807) is 17.0 Å². The third kappa shape index (κ3) is 4.03. The van der Waals surface area contributed by atoms with Gasteiger partial charge >= 0.3 is 0 Å². The Morgan fingerprint density at radius 2 is 1.53 bits per heavy atom. The van der Waals surface area contributed by atoms with E-state index in [9.17, 15) is 13.6 Å². The summed E-state index contributed by atoms with van der Waals surface area (Å²) in [5.41, 5.74) is 2.04. The molecule has 0 N–H and O–H groups in total. The lowest BCUT2D eigenvalue weighted by atomic mass is 10.2. The number of anilines is 1.